The van der Waals surface area contributed by atoms with Crippen LogP contribution in [0.5, 0.6) is 0 Å². The topological polar surface area (TPSA) is 25.8 Å². The summed E-state index contributed by atoms with van der Waals surface area (Å²) in [5.74, 6) is 1.02. The molecule has 0 saturated carbocycles. The molecule has 0 fully saturated rings. The fraction of sp³-hybridized carbons (Fsp3) is 0.333. The highest BCUT2D eigenvalue weighted by molar-refractivity contribution is 9.10. The predicted octanol–water partition coefficient (Wildman–Crippen LogP) is 2.35. The Labute approximate surface area is 72.6 Å². The lowest BCUT2D eigenvalue weighted by Gasteiger charge is -1.93. The van der Waals surface area contributed by atoms with Crippen LogP contribution in [0.3, 0.4) is 0 Å². The van der Waals surface area contributed by atoms with E-state index in [0.717, 1.165) is 15.4 Å². The minimum Gasteiger partial charge on any atom is -0.230 e. The molecule has 0 radical (unpaired) electrons. The van der Waals surface area contributed by atoms with Crippen molar-refractivity contribution in [3.8, 4) is 0 Å². The minimum absolute atomic E-state index is 0.839. The van der Waals surface area contributed by atoms with Gasteiger partial charge in [0, 0.05) is 12.4 Å². The fourth-order valence-electron chi connectivity index (χ4n) is 0.504. The maximum absolute atomic E-state index is 4.07. The second-order valence-electron chi connectivity index (χ2n) is 1.62. The van der Waals surface area contributed by atoms with Crippen LogP contribution < -0.4 is 0 Å². The molecular weight excluding hydrogens is 212 g/mol. The summed E-state index contributed by atoms with van der Waals surface area (Å²) in [7, 11) is 0. The quantitative estimate of drug-likeness (QED) is 0.564. The number of nitrogens with zero attached hydrogens (tertiary/aromatic N) is 2. The molecule has 0 bridgehead atoms. The van der Waals surface area contributed by atoms with E-state index in [-0.39, 0.29) is 0 Å². The Bertz CT molecular complexity index is 199. The smallest absolute Gasteiger partial charge is 0.187 e. The van der Waals surface area contributed by atoms with Gasteiger partial charge in [0.1, 0.15) is 0 Å². The van der Waals surface area contributed by atoms with Crippen molar-refractivity contribution in [2.24, 2.45) is 0 Å². The molecular formula is C6H7BrN2S. The maximum atomic E-state index is 4.07. The van der Waals surface area contributed by atoms with Crippen molar-refractivity contribution in [3.63, 3.8) is 0 Å². The molecule has 2 nitrogen and oxygen atoms in total. The van der Waals surface area contributed by atoms with Gasteiger partial charge in [-0.2, -0.15) is 0 Å². The zero-order valence-corrected chi connectivity index (χ0v) is 7.94. The van der Waals surface area contributed by atoms with E-state index in [2.05, 4.69) is 32.8 Å². The Kier molecular flexibility index (Phi) is 3.15. The van der Waals surface area contributed by atoms with Gasteiger partial charge in [0.05, 0.1) is 4.47 Å². The van der Waals surface area contributed by atoms with E-state index in [1.807, 2.05) is 0 Å². The molecule has 10 heavy (non-hydrogen) atoms. The highest BCUT2D eigenvalue weighted by Crippen LogP contribution is 2.12. The van der Waals surface area contributed by atoms with Gasteiger partial charge in [-0.25, -0.2) is 9.97 Å². The molecule has 0 spiro atoms. The van der Waals surface area contributed by atoms with Crippen LogP contribution in [0.2, 0.25) is 0 Å². The summed E-state index contributed by atoms with van der Waals surface area (Å²) in [6.07, 6.45) is 3.51. The average molecular weight is 219 g/mol. The monoisotopic (exact) mass is 218 g/mol. The third-order valence-electron chi connectivity index (χ3n) is 0.870. The lowest BCUT2D eigenvalue weighted by molar-refractivity contribution is 0.959. The highest BCUT2D eigenvalue weighted by Gasteiger charge is 1.92. The molecule has 0 aromatic carbocycles. The van der Waals surface area contributed by atoms with Crippen molar-refractivity contribution >= 4 is 27.7 Å². The summed E-state index contributed by atoms with van der Waals surface area (Å²) in [5.41, 5.74) is 0. The molecule has 1 rings (SSSR count). The first-order valence-corrected chi connectivity index (χ1v) is 4.71. The van der Waals surface area contributed by atoms with Crippen molar-refractivity contribution in [3.05, 3.63) is 16.9 Å². The third kappa shape index (κ3) is 2.27. The minimum atomic E-state index is 0.839. The van der Waals surface area contributed by atoms with Crippen LogP contribution in [0.25, 0.3) is 0 Å². The lowest BCUT2D eigenvalue weighted by atomic mass is 10.7. The highest BCUT2D eigenvalue weighted by atomic mass is 79.9. The normalized spacial score (nSPS) is 9.80. The van der Waals surface area contributed by atoms with Gasteiger partial charge in [-0.3, -0.25) is 0 Å². The molecule has 4 heteroatoms. The maximum Gasteiger partial charge on any atom is 0.187 e. The molecule has 0 N–H and O–H groups in total. The van der Waals surface area contributed by atoms with Gasteiger partial charge >= 0.3 is 0 Å². The molecule has 0 aliphatic carbocycles. The van der Waals surface area contributed by atoms with E-state index in [1.165, 1.54) is 0 Å². The Morgan fingerprint density at radius 1 is 1.50 bits per heavy atom. The van der Waals surface area contributed by atoms with Gasteiger partial charge in [0.25, 0.3) is 0 Å². The van der Waals surface area contributed by atoms with Crippen LogP contribution >= 0.6 is 27.7 Å². The van der Waals surface area contributed by atoms with Crippen LogP contribution in [0.15, 0.2) is 22.0 Å². The Hall–Kier alpha value is -0.0900. The zero-order valence-electron chi connectivity index (χ0n) is 5.54. The van der Waals surface area contributed by atoms with Crippen molar-refractivity contribution in [1.82, 2.24) is 9.97 Å². The van der Waals surface area contributed by atoms with Crippen molar-refractivity contribution in [2.45, 2.75) is 12.1 Å². The van der Waals surface area contributed by atoms with E-state index in [4.69, 9.17) is 0 Å². The Morgan fingerprint density at radius 2 is 2.10 bits per heavy atom. The van der Waals surface area contributed by atoms with E-state index in [9.17, 15) is 0 Å². The average Bonchev–Trinajstić information content (AvgIpc) is 1.95. The molecule has 54 valence electrons. The summed E-state index contributed by atoms with van der Waals surface area (Å²) >= 11 is 4.90. The molecule has 0 saturated heterocycles. The number of aromatic nitrogens is 2. The predicted molar refractivity (Wildman–Crippen MR) is 46.1 cm³/mol. The summed E-state index contributed by atoms with van der Waals surface area (Å²) in [6, 6.07) is 0. The van der Waals surface area contributed by atoms with Gasteiger partial charge in [-0.05, 0) is 21.7 Å². The SMILES string of the molecule is CCSc1ncc(Br)cn1. The van der Waals surface area contributed by atoms with Crippen LogP contribution in [0, 0.1) is 0 Å². The Morgan fingerprint density at radius 3 is 2.60 bits per heavy atom. The molecule has 0 aliphatic rings. The number of rotatable bonds is 2. The number of halogens is 1. The Balaban J connectivity index is 2.69. The van der Waals surface area contributed by atoms with Gasteiger partial charge < -0.3 is 0 Å². The molecule has 1 aromatic rings. The van der Waals surface area contributed by atoms with Crippen LogP contribution in [-0.4, -0.2) is 15.7 Å². The van der Waals surface area contributed by atoms with Gasteiger partial charge in [-0.15, -0.1) is 0 Å². The van der Waals surface area contributed by atoms with E-state index in [0.29, 0.717) is 0 Å². The first-order chi connectivity index (χ1) is 4.83. The zero-order chi connectivity index (χ0) is 7.40. The molecule has 1 aromatic heterocycles. The van der Waals surface area contributed by atoms with Crippen LogP contribution in [-0.2, 0) is 0 Å². The third-order valence-corrected chi connectivity index (χ3v) is 2.04. The summed E-state index contributed by atoms with van der Waals surface area (Å²) in [6.45, 7) is 2.08. The van der Waals surface area contributed by atoms with E-state index in [1.54, 1.807) is 24.2 Å². The van der Waals surface area contributed by atoms with Crippen LogP contribution in [0.4, 0.5) is 0 Å². The first-order valence-electron chi connectivity index (χ1n) is 2.93. The first kappa shape index (κ1) is 8.01. The molecule has 0 amide bonds. The molecule has 0 atom stereocenters. The molecule has 1 heterocycles. The number of thioether (sulfide) groups is 1. The summed E-state index contributed by atoms with van der Waals surface area (Å²) in [4.78, 5) is 8.15. The second kappa shape index (κ2) is 3.93. The second-order valence-corrected chi connectivity index (χ2v) is 3.76. The van der Waals surface area contributed by atoms with Crippen molar-refractivity contribution < 1.29 is 0 Å². The molecule has 0 aliphatic heterocycles. The number of hydrogen-bond acceptors (Lipinski definition) is 3. The van der Waals surface area contributed by atoms with Crippen molar-refractivity contribution in [2.75, 3.05) is 5.75 Å². The van der Waals surface area contributed by atoms with Gasteiger partial charge in [-0.1, -0.05) is 18.7 Å². The van der Waals surface area contributed by atoms with Crippen LogP contribution in [0.1, 0.15) is 6.92 Å². The lowest BCUT2D eigenvalue weighted by Crippen LogP contribution is -1.83. The number of hydrogen-bond donors (Lipinski definition) is 0. The largest absolute Gasteiger partial charge is 0.230 e. The van der Waals surface area contributed by atoms with E-state index < -0.39 is 0 Å². The fourth-order valence-corrected chi connectivity index (χ4v) is 1.22. The summed E-state index contributed by atoms with van der Waals surface area (Å²) < 4.78 is 0.924. The van der Waals surface area contributed by atoms with E-state index >= 15 is 0 Å². The van der Waals surface area contributed by atoms with Crippen molar-refractivity contribution in [1.29, 1.82) is 0 Å². The standard InChI is InChI=1S/C6H7BrN2S/c1-2-10-6-8-3-5(7)4-9-6/h3-4H,2H2,1H3. The summed E-state index contributed by atoms with van der Waals surface area (Å²) in [5, 5.41) is 0.839. The molecule has 0 unspecified atom stereocenters. The van der Waals surface area contributed by atoms with Gasteiger partial charge in [0.2, 0.25) is 0 Å². The van der Waals surface area contributed by atoms with Gasteiger partial charge in [0.15, 0.2) is 5.16 Å².